The van der Waals surface area contributed by atoms with Crippen LogP contribution in [0.3, 0.4) is 0 Å². The van der Waals surface area contributed by atoms with Crippen molar-refractivity contribution in [3.8, 4) is 5.75 Å². The van der Waals surface area contributed by atoms with E-state index in [-0.39, 0.29) is 12.3 Å². The van der Waals surface area contributed by atoms with Crippen LogP contribution in [0.25, 0.3) is 0 Å². The minimum Gasteiger partial charge on any atom is -0.496 e. The average Bonchev–Trinajstić information content (AvgIpc) is 2.39. The lowest BCUT2D eigenvalue weighted by Crippen LogP contribution is -2.42. The van der Waals surface area contributed by atoms with Crippen molar-refractivity contribution < 1.29 is 19.4 Å². The molecular weight excluding hydrogens is 294 g/mol. The van der Waals surface area contributed by atoms with Gasteiger partial charge in [-0.2, -0.15) is 0 Å². The minimum atomic E-state index is -1.04. The number of halogens is 1. The van der Waals surface area contributed by atoms with Gasteiger partial charge in [0.1, 0.15) is 11.8 Å². The summed E-state index contributed by atoms with van der Waals surface area (Å²) in [6.45, 7) is 3.80. The van der Waals surface area contributed by atoms with Gasteiger partial charge in [-0.05, 0) is 24.5 Å². The standard InChI is InChI=1S/C15H20ClNO4/c1-9(2)7-12(15(19)20)17-14(18)8-10-11(16)5-4-6-13(10)21-3/h4-6,9,12H,7-8H2,1-3H3,(H,17,18)(H,19,20)/t12-/m0/s1. The summed E-state index contributed by atoms with van der Waals surface area (Å²) in [4.78, 5) is 23.2. The number of hydrogen-bond acceptors (Lipinski definition) is 3. The molecule has 6 heteroatoms. The smallest absolute Gasteiger partial charge is 0.326 e. The molecule has 1 rings (SSSR count). The Labute approximate surface area is 129 Å². The van der Waals surface area contributed by atoms with Gasteiger partial charge in [0.05, 0.1) is 13.5 Å². The Balaban J connectivity index is 2.79. The molecule has 0 saturated heterocycles. The number of methoxy groups -OCH3 is 1. The number of carboxylic acid groups (broad SMARTS) is 1. The largest absolute Gasteiger partial charge is 0.496 e. The number of nitrogens with one attached hydrogen (secondary N) is 1. The fourth-order valence-electron chi connectivity index (χ4n) is 2.00. The lowest BCUT2D eigenvalue weighted by Gasteiger charge is -2.17. The quantitative estimate of drug-likeness (QED) is 0.811. The molecule has 0 radical (unpaired) electrons. The van der Waals surface area contributed by atoms with Gasteiger partial charge in [0.25, 0.3) is 0 Å². The van der Waals surface area contributed by atoms with Crippen molar-refractivity contribution in [2.24, 2.45) is 5.92 Å². The first-order chi connectivity index (χ1) is 9.85. The minimum absolute atomic E-state index is 0.0231. The fraction of sp³-hybridized carbons (Fsp3) is 0.467. The van der Waals surface area contributed by atoms with Gasteiger partial charge in [-0.1, -0.05) is 31.5 Å². The molecule has 0 aliphatic carbocycles. The Hall–Kier alpha value is -1.75. The van der Waals surface area contributed by atoms with Crippen molar-refractivity contribution >= 4 is 23.5 Å². The second-order valence-corrected chi connectivity index (χ2v) is 5.59. The zero-order chi connectivity index (χ0) is 16.0. The van der Waals surface area contributed by atoms with Crippen LogP contribution in [0.2, 0.25) is 5.02 Å². The first-order valence-corrected chi connectivity index (χ1v) is 7.06. The summed E-state index contributed by atoms with van der Waals surface area (Å²) in [5.41, 5.74) is 0.549. The van der Waals surface area contributed by atoms with Crippen molar-refractivity contribution in [2.75, 3.05) is 7.11 Å². The molecule has 0 spiro atoms. The monoisotopic (exact) mass is 313 g/mol. The molecule has 0 aromatic heterocycles. The summed E-state index contributed by atoms with van der Waals surface area (Å²) in [6.07, 6.45) is 0.353. The highest BCUT2D eigenvalue weighted by Gasteiger charge is 2.22. The van der Waals surface area contributed by atoms with Gasteiger partial charge in [0.2, 0.25) is 5.91 Å². The number of carbonyl (C=O) groups excluding carboxylic acids is 1. The Bertz CT molecular complexity index is 516. The lowest BCUT2D eigenvalue weighted by atomic mass is 10.0. The second-order valence-electron chi connectivity index (χ2n) is 5.19. The van der Waals surface area contributed by atoms with Crippen molar-refractivity contribution in [2.45, 2.75) is 32.7 Å². The van der Waals surface area contributed by atoms with Gasteiger partial charge in [0.15, 0.2) is 0 Å². The normalized spacial score (nSPS) is 12.0. The van der Waals surface area contributed by atoms with E-state index in [4.69, 9.17) is 21.4 Å². The summed E-state index contributed by atoms with van der Waals surface area (Å²) in [7, 11) is 1.49. The number of rotatable bonds is 7. The zero-order valence-electron chi connectivity index (χ0n) is 12.4. The molecule has 1 atom stereocenters. The lowest BCUT2D eigenvalue weighted by molar-refractivity contribution is -0.142. The Morgan fingerprint density at radius 3 is 2.57 bits per heavy atom. The third-order valence-corrected chi connectivity index (χ3v) is 3.33. The van der Waals surface area contributed by atoms with E-state index in [9.17, 15) is 9.59 Å². The molecular formula is C15H20ClNO4. The predicted molar refractivity (Wildman–Crippen MR) is 80.7 cm³/mol. The first-order valence-electron chi connectivity index (χ1n) is 6.68. The van der Waals surface area contributed by atoms with Crippen molar-refractivity contribution in [3.05, 3.63) is 28.8 Å². The number of hydrogen-bond donors (Lipinski definition) is 2. The summed E-state index contributed by atoms with van der Waals surface area (Å²) in [6, 6.07) is 4.19. The Morgan fingerprint density at radius 2 is 2.05 bits per heavy atom. The first kappa shape index (κ1) is 17.3. The van der Waals surface area contributed by atoms with Crippen LogP contribution < -0.4 is 10.1 Å². The van der Waals surface area contributed by atoms with Gasteiger partial charge in [0, 0.05) is 10.6 Å². The molecule has 1 aromatic rings. The number of benzene rings is 1. The topological polar surface area (TPSA) is 75.6 Å². The third-order valence-electron chi connectivity index (χ3n) is 2.97. The summed E-state index contributed by atoms with van der Waals surface area (Å²) >= 11 is 6.06. The molecule has 0 unspecified atom stereocenters. The number of ether oxygens (including phenoxy) is 1. The molecule has 1 aromatic carbocycles. The number of aliphatic carboxylic acids is 1. The maximum Gasteiger partial charge on any atom is 0.326 e. The van der Waals surface area contributed by atoms with E-state index in [0.717, 1.165) is 0 Å². The summed E-state index contributed by atoms with van der Waals surface area (Å²) in [5.74, 6) is -0.757. The molecule has 21 heavy (non-hydrogen) atoms. The van der Waals surface area contributed by atoms with Crippen LogP contribution in [0.4, 0.5) is 0 Å². The van der Waals surface area contributed by atoms with Crippen molar-refractivity contribution in [3.63, 3.8) is 0 Å². The molecule has 2 N–H and O–H groups in total. The van der Waals surface area contributed by atoms with E-state index in [1.807, 2.05) is 13.8 Å². The van der Waals surface area contributed by atoms with Crippen LogP contribution >= 0.6 is 11.6 Å². The van der Waals surface area contributed by atoms with Crippen molar-refractivity contribution in [1.82, 2.24) is 5.32 Å². The van der Waals surface area contributed by atoms with Gasteiger partial charge < -0.3 is 15.2 Å². The maximum atomic E-state index is 12.0. The van der Waals surface area contributed by atoms with Gasteiger partial charge >= 0.3 is 5.97 Å². The van der Waals surface area contributed by atoms with E-state index >= 15 is 0 Å². The van der Waals surface area contributed by atoms with Gasteiger partial charge in [-0.3, -0.25) is 4.79 Å². The zero-order valence-corrected chi connectivity index (χ0v) is 13.1. The number of amides is 1. The highest BCUT2D eigenvalue weighted by atomic mass is 35.5. The van der Waals surface area contributed by atoms with Gasteiger partial charge in [-0.15, -0.1) is 0 Å². The van der Waals surface area contributed by atoms with E-state index < -0.39 is 17.9 Å². The molecule has 0 saturated carbocycles. The van der Waals surface area contributed by atoms with Crippen LogP contribution in [0.5, 0.6) is 5.75 Å². The molecule has 0 bridgehead atoms. The molecule has 0 fully saturated rings. The molecule has 116 valence electrons. The molecule has 5 nitrogen and oxygen atoms in total. The van der Waals surface area contributed by atoms with Crippen molar-refractivity contribution in [1.29, 1.82) is 0 Å². The predicted octanol–water partition coefficient (Wildman–Crippen LogP) is 2.51. The Kier molecular flexibility index (Phi) is 6.49. The SMILES string of the molecule is COc1cccc(Cl)c1CC(=O)N[C@@H](CC(C)C)C(=O)O. The maximum absolute atomic E-state index is 12.0. The van der Waals surface area contributed by atoms with Crippen LogP contribution in [0, 0.1) is 5.92 Å². The van der Waals surface area contributed by atoms with E-state index in [0.29, 0.717) is 22.8 Å². The Morgan fingerprint density at radius 1 is 1.38 bits per heavy atom. The summed E-state index contributed by atoms with van der Waals surface area (Å²) in [5, 5.41) is 12.1. The number of carboxylic acids is 1. The van der Waals surface area contributed by atoms with E-state index in [1.165, 1.54) is 7.11 Å². The molecule has 0 aliphatic heterocycles. The fourth-order valence-corrected chi connectivity index (χ4v) is 2.23. The highest BCUT2D eigenvalue weighted by molar-refractivity contribution is 6.31. The van der Waals surface area contributed by atoms with Crippen LogP contribution in [0.1, 0.15) is 25.8 Å². The molecule has 0 heterocycles. The van der Waals surface area contributed by atoms with Crippen LogP contribution in [0.15, 0.2) is 18.2 Å². The number of carbonyl (C=O) groups is 2. The van der Waals surface area contributed by atoms with E-state index in [1.54, 1.807) is 18.2 Å². The van der Waals surface area contributed by atoms with Crippen LogP contribution in [-0.4, -0.2) is 30.1 Å². The van der Waals surface area contributed by atoms with Gasteiger partial charge in [-0.25, -0.2) is 4.79 Å². The molecule has 0 aliphatic rings. The summed E-state index contributed by atoms with van der Waals surface area (Å²) < 4.78 is 5.16. The molecule has 1 amide bonds. The van der Waals surface area contributed by atoms with Crippen LogP contribution in [-0.2, 0) is 16.0 Å². The second kappa shape index (κ2) is 7.88. The highest BCUT2D eigenvalue weighted by Crippen LogP contribution is 2.26. The third kappa shape index (κ3) is 5.27. The van der Waals surface area contributed by atoms with E-state index in [2.05, 4.69) is 5.32 Å². The average molecular weight is 314 g/mol.